The van der Waals surface area contributed by atoms with Crippen LogP contribution < -0.4 is 5.73 Å². The topological polar surface area (TPSA) is 64.1 Å². The molecule has 0 amide bonds. The number of aryl methyl sites for hydroxylation is 1. The summed E-state index contributed by atoms with van der Waals surface area (Å²) < 4.78 is 1.74. The van der Waals surface area contributed by atoms with Gasteiger partial charge in [0, 0.05) is 12.5 Å². The third-order valence-electron chi connectivity index (χ3n) is 2.26. The molecule has 1 atom stereocenters. The van der Waals surface area contributed by atoms with Crippen LogP contribution in [-0.2, 0) is 12.5 Å². The van der Waals surface area contributed by atoms with Crippen molar-refractivity contribution in [1.29, 1.82) is 0 Å². The number of rotatable bonds is 2. The number of aliphatic hydroxyl groups is 1. The zero-order valence-electron chi connectivity index (χ0n) is 9.28. The molecule has 1 aromatic rings. The fraction of sp³-hybridized carbons (Fsp3) is 0.700. The maximum absolute atomic E-state index is 8.96. The number of hydrogen-bond donors (Lipinski definition) is 2. The van der Waals surface area contributed by atoms with Gasteiger partial charge in [-0.3, -0.25) is 4.68 Å². The van der Waals surface area contributed by atoms with Crippen LogP contribution in [0.3, 0.4) is 0 Å². The maximum atomic E-state index is 8.96. The molecule has 3 N–H and O–H groups in total. The first-order chi connectivity index (χ1) is 6.36. The van der Waals surface area contributed by atoms with Crippen molar-refractivity contribution in [2.24, 2.45) is 12.8 Å². The van der Waals surface area contributed by atoms with Crippen molar-refractivity contribution in [3.63, 3.8) is 0 Å². The number of nitrogens with zero attached hydrogens (tertiary/aromatic N) is 2. The van der Waals surface area contributed by atoms with Gasteiger partial charge in [-0.1, -0.05) is 20.8 Å². The zero-order chi connectivity index (χ0) is 10.9. The van der Waals surface area contributed by atoms with Gasteiger partial charge >= 0.3 is 0 Å². The van der Waals surface area contributed by atoms with Crippen LogP contribution in [0.2, 0.25) is 0 Å². The highest BCUT2D eigenvalue weighted by atomic mass is 16.3. The molecule has 0 spiro atoms. The molecule has 1 aromatic heterocycles. The fourth-order valence-corrected chi connectivity index (χ4v) is 1.29. The molecule has 0 aliphatic heterocycles. The summed E-state index contributed by atoms with van der Waals surface area (Å²) in [6.07, 6.45) is 0. The summed E-state index contributed by atoms with van der Waals surface area (Å²) in [5, 5.41) is 13.3. The van der Waals surface area contributed by atoms with Crippen LogP contribution in [0.15, 0.2) is 6.07 Å². The summed E-state index contributed by atoms with van der Waals surface area (Å²) in [5.41, 5.74) is 7.63. The van der Waals surface area contributed by atoms with E-state index in [-0.39, 0.29) is 18.1 Å². The Bertz CT molecular complexity index is 312. The van der Waals surface area contributed by atoms with E-state index in [4.69, 9.17) is 10.8 Å². The first kappa shape index (κ1) is 11.2. The largest absolute Gasteiger partial charge is 0.394 e. The molecule has 80 valence electrons. The summed E-state index contributed by atoms with van der Waals surface area (Å²) in [7, 11) is 1.85. The summed E-state index contributed by atoms with van der Waals surface area (Å²) >= 11 is 0. The Morgan fingerprint density at radius 3 is 2.50 bits per heavy atom. The average Bonchev–Trinajstić information content (AvgIpc) is 2.45. The predicted octanol–water partition coefficient (Wildman–Crippen LogP) is 0.710. The molecule has 0 radical (unpaired) electrons. The second-order valence-electron chi connectivity index (χ2n) is 4.62. The molecule has 0 saturated carbocycles. The minimum absolute atomic E-state index is 0.0190. The summed E-state index contributed by atoms with van der Waals surface area (Å²) in [6, 6.07) is 1.62. The molecule has 14 heavy (non-hydrogen) atoms. The Balaban J connectivity index is 3.05. The first-order valence-corrected chi connectivity index (χ1v) is 4.77. The van der Waals surface area contributed by atoms with Crippen LogP contribution >= 0.6 is 0 Å². The highest BCUT2D eigenvalue weighted by Gasteiger charge is 2.20. The molecule has 0 saturated heterocycles. The van der Waals surface area contributed by atoms with E-state index in [1.165, 1.54) is 0 Å². The molecule has 1 heterocycles. The quantitative estimate of drug-likeness (QED) is 0.734. The van der Waals surface area contributed by atoms with Crippen molar-refractivity contribution in [2.45, 2.75) is 32.2 Å². The summed E-state index contributed by atoms with van der Waals surface area (Å²) in [5.74, 6) is 0. The van der Waals surface area contributed by atoms with E-state index < -0.39 is 0 Å². The van der Waals surface area contributed by atoms with E-state index in [0.29, 0.717) is 0 Å². The van der Waals surface area contributed by atoms with Gasteiger partial charge in [0.15, 0.2) is 0 Å². The predicted molar refractivity (Wildman–Crippen MR) is 55.9 cm³/mol. The van der Waals surface area contributed by atoms with Gasteiger partial charge in [-0.15, -0.1) is 0 Å². The molecule has 1 rings (SSSR count). The van der Waals surface area contributed by atoms with E-state index in [1.807, 2.05) is 13.1 Å². The van der Waals surface area contributed by atoms with Gasteiger partial charge in [-0.25, -0.2) is 0 Å². The van der Waals surface area contributed by atoms with E-state index >= 15 is 0 Å². The van der Waals surface area contributed by atoms with Crippen LogP contribution in [-0.4, -0.2) is 21.5 Å². The summed E-state index contributed by atoms with van der Waals surface area (Å²) in [4.78, 5) is 0. The number of aromatic nitrogens is 2. The fourth-order valence-electron chi connectivity index (χ4n) is 1.29. The molecule has 4 heteroatoms. The lowest BCUT2D eigenvalue weighted by Crippen LogP contribution is -2.17. The van der Waals surface area contributed by atoms with Crippen molar-refractivity contribution in [3.8, 4) is 0 Å². The van der Waals surface area contributed by atoms with E-state index in [1.54, 1.807) is 4.68 Å². The molecule has 0 bridgehead atoms. The van der Waals surface area contributed by atoms with E-state index in [9.17, 15) is 0 Å². The molecular formula is C10H19N3O. The standard InChI is InChI=1S/C10H19N3O/c1-10(2,3)9-5-8(7(11)6-14)13(4)12-9/h5,7,14H,6,11H2,1-4H3/t7-/m0/s1. The van der Waals surface area contributed by atoms with Gasteiger partial charge in [0.25, 0.3) is 0 Å². The molecule has 0 aromatic carbocycles. The van der Waals surface area contributed by atoms with Gasteiger partial charge in [0.1, 0.15) is 0 Å². The Kier molecular flexibility index (Phi) is 2.97. The lowest BCUT2D eigenvalue weighted by atomic mass is 9.92. The zero-order valence-corrected chi connectivity index (χ0v) is 9.28. The Morgan fingerprint density at radius 2 is 2.14 bits per heavy atom. The molecular weight excluding hydrogens is 178 g/mol. The molecule has 0 aliphatic rings. The average molecular weight is 197 g/mol. The SMILES string of the molecule is Cn1nc(C(C)(C)C)cc1[C@@H](N)CO. The molecule has 0 aliphatic carbocycles. The maximum Gasteiger partial charge on any atom is 0.0701 e. The lowest BCUT2D eigenvalue weighted by Gasteiger charge is -2.13. The second kappa shape index (κ2) is 3.71. The van der Waals surface area contributed by atoms with Crippen molar-refractivity contribution in [3.05, 3.63) is 17.5 Å². The number of nitrogens with two attached hydrogens (primary N) is 1. The molecule has 0 fully saturated rings. The van der Waals surface area contributed by atoms with Gasteiger partial charge in [-0.2, -0.15) is 5.10 Å². The van der Waals surface area contributed by atoms with Gasteiger partial charge < -0.3 is 10.8 Å². The van der Waals surface area contributed by atoms with E-state index in [0.717, 1.165) is 11.4 Å². The minimum atomic E-state index is -0.344. The van der Waals surface area contributed by atoms with Crippen molar-refractivity contribution in [1.82, 2.24) is 9.78 Å². The Morgan fingerprint density at radius 1 is 1.57 bits per heavy atom. The van der Waals surface area contributed by atoms with Gasteiger partial charge in [0.05, 0.1) is 24.0 Å². The van der Waals surface area contributed by atoms with Crippen LogP contribution in [0.5, 0.6) is 0 Å². The van der Waals surface area contributed by atoms with Crippen LogP contribution in [0.1, 0.15) is 38.2 Å². The van der Waals surface area contributed by atoms with Crippen LogP contribution in [0.4, 0.5) is 0 Å². The van der Waals surface area contributed by atoms with Crippen molar-refractivity contribution in [2.75, 3.05) is 6.61 Å². The first-order valence-electron chi connectivity index (χ1n) is 4.77. The van der Waals surface area contributed by atoms with Crippen LogP contribution in [0.25, 0.3) is 0 Å². The van der Waals surface area contributed by atoms with Crippen molar-refractivity contribution >= 4 is 0 Å². The monoisotopic (exact) mass is 197 g/mol. The minimum Gasteiger partial charge on any atom is -0.394 e. The molecule has 0 unspecified atom stereocenters. The number of aliphatic hydroxyl groups excluding tert-OH is 1. The third kappa shape index (κ3) is 2.13. The Labute approximate surface area is 84.7 Å². The highest BCUT2D eigenvalue weighted by molar-refractivity contribution is 5.19. The van der Waals surface area contributed by atoms with Gasteiger partial charge in [-0.05, 0) is 6.07 Å². The molecule has 4 nitrogen and oxygen atoms in total. The smallest absolute Gasteiger partial charge is 0.0701 e. The van der Waals surface area contributed by atoms with Crippen molar-refractivity contribution < 1.29 is 5.11 Å². The highest BCUT2D eigenvalue weighted by Crippen LogP contribution is 2.23. The third-order valence-corrected chi connectivity index (χ3v) is 2.26. The normalized spacial score (nSPS) is 14.4. The van der Waals surface area contributed by atoms with E-state index in [2.05, 4.69) is 25.9 Å². The number of hydrogen-bond acceptors (Lipinski definition) is 3. The lowest BCUT2D eigenvalue weighted by molar-refractivity contribution is 0.263. The second-order valence-corrected chi connectivity index (χ2v) is 4.62. The Hall–Kier alpha value is -0.870. The summed E-state index contributed by atoms with van der Waals surface area (Å²) in [6.45, 7) is 6.25. The van der Waals surface area contributed by atoms with Gasteiger partial charge in [0.2, 0.25) is 0 Å². The van der Waals surface area contributed by atoms with Crippen LogP contribution in [0, 0.1) is 0 Å².